The van der Waals surface area contributed by atoms with Crippen molar-refractivity contribution in [3.63, 3.8) is 0 Å². The Hall–Kier alpha value is -1.36. The quantitative estimate of drug-likeness (QED) is 0.840. The zero-order valence-corrected chi connectivity index (χ0v) is 9.08. The first-order valence-electron chi connectivity index (χ1n) is 4.07. The van der Waals surface area contributed by atoms with Gasteiger partial charge in [-0.1, -0.05) is 0 Å². The van der Waals surface area contributed by atoms with Crippen LogP contribution < -0.4 is 5.56 Å². The Labute approximate surface area is 88.7 Å². The SMILES string of the molecule is Cc1[nH]n(-c2ccncc2)c(=O)c1Br. The minimum Gasteiger partial charge on any atom is -0.294 e. The van der Waals surface area contributed by atoms with E-state index in [9.17, 15) is 4.79 Å². The number of hydrogen-bond acceptors (Lipinski definition) is 2. The molecule has 0 aliphatic rings. The molecule has 2 aromatic heterocycles. The van der Waals surface area contributed by atoms with Gasteiger partial charge in [-0.25, -0.2) is 4.68 Å². The molecule has 5 heteroatoms. The zero-order valence-electron chi connectivity index (χ0n) is 7.49. The van der Waals surface area contributed by atoms with Crippen molar-refractivity contribution in [2.75, 3.05) is 0 Å². The largest absolute Gasteiger partial charge is 0.294 e. The van der Waals surface area contributed by atoms with Crippen molar-refractivity contribution in [1.82, 2.24) is 14.8 Å². The van der Waals surface area contributed by atoms with Crippen molar-refractivity contribution in [3.8, 4) is 5.69 Å². The average molecular weight is 254 g/mol. The van der Waals surface area contributed by atoms with Crippen LogP contribution in [0.25, 0.3) is 5.69 Å². The fraction of sp³-hybridized carbons (Fsp3) is 0.111. The lowest BCUT2D eigenvalue weighted by Crippen LogP contribution is -2.14. The van der Waals surface area contributed by atoms with Crippen molar-refractivity contribution in [3.05, 3.63) is 45.0 Å². The van der Waals surface area contributed by atoms with Crippen LogP contribution in [0.15, 0.2) is 33.8 Å². The summed E-state index contributed by atoms with van der Waals surface area (Å²) < 4.78 is 2.04. The molecule has 0 aliphatic carbocycles. The molecule has 4 nitrogen and oxygen atoms in total. The Bertz CT molecular complexity index is 501. The summed E-state index contributed by atoms with van der Waals surface area (Å²) in [4.78, 5) is 15.5. The molecule has 0 fully saturated rings. The number of hydrogen-bond donors (Lipinski definition) is 1. The van der Waals surface area contributed by atoms with Gasteiger partial charge in [0.15, 0.2) is 0 Å². The number of H-pyrrole nitrogens is 1. The Balaban J connectivity index is 2.64. The summed E-state index contributed by atoms with van der Waals surface area (Å²) in [6, 6.07) is 3.54. The number of nitrogens with zero attached hydrogens (tertiary/aromatic N) is 2. The Kier molecular flexibility index (Phi) is 2.25. The number of nitrogens with one attached hydrogen (secondary N) is 1. The summed E-state index contributed by atoms with van der Waals surface area (Å²) in [7, 11) is 0. The Morgan fingerprint density at radius 2 is 2.07 bits per heavy atom. The van der Waals surface area contributed by atoms with Gasteiger partial charge in [0.1, 0.15) is 4.47 Å². The van der Waals surface area contributed by atoms with E-state index in [1.807, 2.05) is 6.92 Å². The van der Waals surface area contributed by atoms with Crippen molar-refractivity contribution < 1.29 is 0 Å². The van der Waals surface area contributed by atoms with Crippen LogP contribution >= 0.6 is 15.9 Å². The van der Waals surface area contributed by atoms with E-state index in [0.29, 0.717) is 4.47 Å². The van der Waals surface area contributed by atoms with Crippen LogP contribution in [-0.4, -0.2) is 14.8 Å². The molecule has 0 saturated carbocycles. The van der Waals surface area contributed by atoms with E-state index >= 15 is 0 Å². The van der Waals surface area contributed by atoms with Crippen LogP contribution in [0.2, 0.25) is 0 Å². The topological polar surface area (TPSA) is 50.7 Å². The third-order valence-electron chi connectivity index (χ3n) is 1.92. The smallest absolute Gasteiger partial charge is 0.285 e. The molecule has 2 rings (SSSR count). The maximum Gasteiger partial charge on any atom is 0.285 e. The van der Waals surface area contributed by atoms with Gasteiger partial charge in [0.2, 0.25) is 0 Å². The second-order valence-corrected chi connectivity index (χ2v) is 3.69. The van der Waals surface area contributed by atoms with E-state index < -0.39 is 0 Å². The standard InChI is InChI=1S/C9H8BrN3O/c1-6-8(10)9(14)13(12-6)7-2-4-11-5-3-7/h2-5,12H,1H3. The highest BCUT2D eigenvalue weighted by Crippen LogP contribution is 2.10. The molecule has 0 bridgehead atoms. The number of rotatable bonds is 1. The molecular weight excluding hydrogens is 246 g/mol. The number of pyridine rings is 1. The molecule has 2 heterocycles. The molecule has 0 radical (unpaired) electrons. The normalized spacial score (nSPS) is 10.4. The maximum absolute atomic E-state index is 11.7. The fourth-order valence-corrected chi connectivity index (χ4v) is 1.47. The average Bonchev–Trinajstić information content (AvgIpc) is 2.47. The molecule has 0 aliphatic heterocycles. The first-order chi connectivity index (χ1) is 6.70. The molecule has 0 unspecified atom stereocenters. The number of aryl methyl sites for hydroxylation is 1. The van der Waals surface area contributed by atoms with Crippen LogP contribution in [0.1, 0.15) is 5.69 Å². The van der Waals surface area contributed by atoms with Gasteiger partial charge >= 0.3 is 0 Å². The van der Waals surface area contributed by atoms with Gasteiger partial charge in [-0.15, -0.1) is 0 Å². The van der Waals surface area contributed by atoms with E-state index in [-0.39, 0.29) is 5.56 Å². The molecule has 0 amide bonds. The predicted molar refractivity (Wildman–Crippen MR) is 56.6 cm³/mol. The van der Waals surface area contributed by atoms with Crippen molar-refractivity contribution in [1.29, 1.82) is 0 Å². The minimum absolute atomic E-state index is 0.0892. The van der Waals surface area contributed by atoms with Crippen LogP contribution in [0.4, 0.5) is 0 Å². The highest BCUT2D eigenvalue weighted by molar-refractivity contribution is 9.10. The highest BCUT2D eigenvalue weighted by atomic mass is 79.9. The van der Waals surface area contributed by atoms with Crippen LogP contribution in [0.5, 0.6) is 0 Å². The third kappa shape index (κ3) is 1.39. The van der Waals surface area contributed by atoms with Crippen LogP contribution in [-0.2, 0) is 0 Å². The lowest BCUT2D eigenvalue weighted by atomic mass is 10.4. The number of aromatic amines is 1. The highest BCUT2D eigenvalue weighted by Gasteiger charge is 2.08. The van der Waals surface area contributed by atoms with Crippen LogP contribution in [0, 0.1) is 6.92 Å². The Morgan fingerprint density at radius 3 is 2.57 bits per heavy atom. The van der Waals surface area contributed by atoms with E-state index in [1.165, 1.54) is 4.68 Å². The first-order valence-corrected chi connectivity index (χ1v) is 4.87. The van der Waals surface area contributed by atoms with Crippen LogP contribution in [0.3, 0.4) is 0 Å². The predicted octanol–water partition coefficient (Wildman–Crippen LogP) is 1.63. The summed E-state index contributed by atoms with van der Waals surface area (Å²) in [6.45, 7) is 1.84. The van der Waals surface area contributed by atoms with E-state index in [1.54, 1.807) is 24.5 Å². The second kappa shape index (κ2) is 3.42. The molecule has 14 heavy (non-hydrogen) atoms. The molecule has 1 N–H and O–H groups in total. The van der Waals surface area contributed by atoms with E-state index in [0.717, 1.165) is 11.4 Å². The van der Waals surface area contributed by atoms with Gasteiger partial charge in [0.05, 0.1) is 5.69 Å². The van der Waals surface area contributed by atoms with Crippen molar-refractivity contribution >= 4 is 15.9 Å². The van der Waals surface area contributed by atoms with Crippen molar-refractivity contribution in [2.45, 2.75) is 6.92 Å². The lowest BCUT2D eigenvalue weighted by molar-refractivity contribution is 0.833. The fourth-order valence-electron chi connectivity index (χ4n) is 1.20. The van der Waals surface area contributed by atoms with Gasteiger partial charge in [0, 0.05) is 18.1 Å². The van der Waals surface area contributed by atoms with Gasteiger partial charge in [-0.3, -0.25) is 14.9 Å². The summed E-state index contributed by atoms with van der Waals surface area (Å²) in [5.41, 5.74) is 1.50. The minimum atomic E-state index is -0.0892. The molecule has 2 aromatic rings. The van der Waals surface area contributed by atoms with Gasteiger partial charge in [-0.2, -0.15) is 0 Å². The lowest BCUT2D eigenvalue weighted by Gasteiger charge is -1.98. The zero-order chi connectivity index (χ0) is 10.1. The van der Waals surface area contributed by atoms with Gasteiger partial charge < -0.3 is 0 Å². The monoisotopic (exact) mass is 253 g/mol. The summed E-state index contributed by atoms with van der Waals surface area (Å²) in [6.07, 6.45) is 3.29. The molecular formula is C9H8BrN3O. The summed E-state index contributed by atoms with van der Waals surface area (Å²) in [5.74, 6) is 0. The van der Waals surface area contributed by atoms with E-state index in [2.05, 4.69) is 26.0 Å². The molecule has 0 saturated heterocycles. The van der Waals surface area contributed by atoms with Gasteiger partial charge in [-0.05, 0) is 35.0 Å². The maximum atomic E-state index is 11.7. The number of aromatic nitrogens is 3. The molecule has 0 atom stereocenters. The van der Waals surface area contributed by atoms with Gasteiger partial charge in [0.25, 0.3) is 5.56 Å². The van der Waals surface area contributed by atoms with E-state index in [4.69, 9.17) is 0 Å². The molecule has 0 spiro atoms. The second-order valence-electron chi connectivity index (χ2n) is 2.90. The Morgan fingerprint density at radius 1 is 1.43 bits per heavy atom. The molecule has 0 aromatic carbocycles. The molecule has 72 valence electrons. The summed E-state index contributed by atoms with van der Waals surface area (Å²) >= 11 is 3.22. The first kappa shape index (κ1) is 9.21. The van der Waals surface area contributed by atoms with Crippen molar-refractivity contribution in [2.24, 2.45) is 0 Å². The summed E-state index contributed by atoms with van der Waals surface area (Å²) in [5, 5.41) is 2.96. The third-order valence-corrected chi connectivity index (χ3v) is 2.85. The number of halogens is 1.